The highest BCUT2D eigenvalue weighted by molar-refractivity contribution is 9.10. The fraction of sp³-hybridized carbons (Fsp3) is 0.211. The van der Waals surface area contributed by atoms with Crippen molar-refractivity contribution in [2.45, 2.75) is 25.4 Å². The first kappa shape index (κ1) is 14.5. The van der Waals surface area contributed by atoms with Crippen LogP contribution in [0.15, 0.2) is 59.2 Å². The largest absolute Gasteiger partial charge is 0.361 e. The number of carbonyl (C=O) groups is 1. The molecule has 1 aliphatic heterocycles. The number of hydrogen-bond acceptors (Lipinski definition) is 1. The number of hydrogen-bond donors (Lipinski definition) is 1. The maximum atomic E-state index is 12.4. The van der Waals surface area contributed by atoms with E-state index in [0.29, 0.717) is 13.0 Å². The molecule has 1 atom stereocenters. The van der Waals surface area contributed by atoms with Gasteiger partial charge in [-0.15, -0.1) is 0 Å². The number of aromatic nitrogens is 1. The average molecular weight is 369 g/mol. The zero-order chi connectivity index (χ0) is 15.8. The Morgan fingerprint density at radius 2 is 2.00 bits per heavy atom. The summed E-state index contributed by atoms with van der Waals surface area (Å²) in [5.74, 6) is 0.239. The number of benzene rings is 2. The van der Waals surface area contributed by atoms with Crippen LogP contribution in [0.4, 0.5) is 0 Å². The highest BCUT2D eigenvalue weighted by atomic mass is 79.9. The van der Waals surface area contributed by atoms with Crippen LogP contribution in [-0.2, 0) is 11.3 Å². The van der Waals surface area contributed by atoms with E-state index in [-0.39, 0.29) is 11.9 Å². The Labute approximate surface area is 143 Å². The van der Waals surface area contributed by atoms with Gasteiger partial charge < -0.3 is 9.88 Å². The number of nitrogens with zero attached hydrogens (tertiary/aromatic N) is 1. The Morgan fingerprint density at radius 1 is 1.17 bits per heavy atom. The van der Waals surface area contributed by atoms with Gasteiger partial charge in [-0.05, 0) is 35.7 Å². The lowest BCUT2D eigenvalue weighted by atomic mass is 10.0. The van der Waals surface area contributed by atoms with Crippen molar-refractivity contribution in [3.8, 4) is 0 Å². The summed E-state index contributed by atoms with van der Waals surface area (Å²) < 4.78 is 1.06. The summed E-state index contributed by atoms with van der Waals surface area (Å²) in [7, 11) is 0. The van der Waals surface area contributed by atoms with Crippen molar-refractivity contribution in [2.75, 3.05) is 0 Å². The SMILES string of the molecule is O=C1CC[C@H](c2c[nH]c3ccc(Br)cc23)N1Cc1ccccc1. The number of H-pyrrole nitrogens is 1. The van der Waals surface area contributed by atoms with Gasteiger partial charge >= 0.3 is 0 Å². The molecule has 1 saturated heterocycles. The second-order valence-electron chi connectivity index (χ2n) is 6.00. The van der Waals surface area contributed by atoms with Gasteiger partial charge in [0.25, 0.3) is 0 Å². The summed E-state index contributed by atoms with van der Waals surface area (Å²) in [6, 6.07) is 16.6. The second kappa shape index (κ2) is 5.85. The lowest BCUT2D eigenvalue weighted by Gasteiger charge is -2.25. The highest BCUT2D eigenvalue weighted by Crippen LogP contribution is 2.38. The standard InChI is InChI=1S/C19H17BrN2O/c20-14-6-7-17-15(10-14)16(11-21-17)18-8-9-19(23)22(18)12-13-4-2-1-3-5-13/h1-7,10-11,18,21H,8-9,12H2/t18-/m1/s1. The molecule has 1 N–H and O–H groups in total. The molecule has 3 aromatic rings. The Morgan fingerprint density at radius 3 is 2.83 bits per heavy atom. The molecule has 1 fully saturated rings. The molecule has 23 heavy (non-hydrogen) atoms. The van der Waals surface area contributed by atoms with Crippen molar-refractivity contribution < 1.29 is 4.79 Å². The lowest BCUT2D eigenvalue weighted by molar-refractivity contribution is -0.129. The van der Waals surface area contributed by atoms with Crippen molar-refractivity contribution in [1.82, 2.24) is 9.88 Å². The van der Waals surface area contributed by atoms with Crippen LogP contribution in [0.2, 0.25) is 0 Å². The average Bonchev–Trinajstić information content (AvgIpc) is 3.12. The lowest BCUT2D eigenvalue weighted by Crippen LogP contribution is -2.27. The van der Waals surface area contributed by atoms with Crippen molar-refractivity contribution in [3.63, 3.8) is 0 Å². The first-order valence-electron chi connectivity index (χ1n) is 7.82. The monoisotopic (exact) mass is 368 g/mol. The highest BCUT2D eigenvalue weighted by Gasteiger charge is 2.33. The van der Waals surface area contributed by atoms with Crippen molar-refractivity contribution in [3.05, 3.63) is 70.3 Å². The Kier molecular flexibility index (Phi) is 3.69. The molecule has 3 nitrogen and oxygen atoms in total. The number of likely N-dealkylation sites (tertiary alicyclic amines) is 1. The van der Waals surface area contributed by atoms with E-state index in [2.05, 4.69) is 51.4 Å². The van der Waals surface area contributed by atoms with Crippen molar-refractivity contribution in [1.29, 1.82) is 0 Å². The van der Waals surface area contributed by atoms with E-state index in [1.54, 1.807) is 0 Å². The molecule has 4 heteroatoms. The van der Waals surface area contributed by atoms with Crippen LogP contribution in [0.5, 0.6) is 0 Å². The van der Waals surface area contributed by atoms with Crippen LogP contribution in [-0.4, -0.2) is 15.8 Å². The number of carbonyl (C=O) groups excluding carboxylic acids is 1. The number of rotatable bonds is 3. The Hall–Kier alpha value is -2.07. The summed E-state index contributed by atoms with van der Waals surface area (Å²) in [5.41, 5.74) is 3.50. The minimum atomic E-state index is 0.144. The van der Waals surface area contributed by atoms with Gasteiger partial charge in [0.2, 0.25) is 5.91 Å². The third-order valence-electron chi connectivity index (χ3n) is 4.56. The number of aromatic amines is 1. The molecule has 1 amide bonds. The van der Waals surface area contributed by atoms with Gasteiger partial charge in [0.15, 0.2) is 0 Å². The van der Waals surface area contributed by atoms with E-state index in [1.807, 2.05) is 29.2 Å². The number of nitrogens with one attached hydrogen (secondary N) is 1. The van der Waals surface area contributed by atoms with Crippen LogP contribution in [0.25, 0.3) is 10.9 Å². The van der Waals surface area contributed by atoms with E-state index in [0.717, 1.165) is 16.4 Å². The molecule has 2 heterocycles. The fourth-order valence-electron chi connectivity index (χ4n) is 3.43. The summed E-state index contributed by atoms with van der Waals surface area (Å²) in [6.45, 7) is 0.672. The van der Waals surface area contributed by atoms with Crippen LogP contribution in [0.1, 0.15) is 30.0 Å². The van der Waals surface area contributed by atoms with Gasteiger partial charge in [-0.3, -0.25) is 4.79 Å². The van der Waals surface area contributed by atoms with E-state index < -0.39 is 0 Å². The van der Waals surface area contributed by atoms with Crippen LogP contribution in [0, 0.1) is 0 Å². The maximum absolute atomic E-state index is 12.4. The zero-order valence-corrected chi connectivity index (χ0v) is 14.2. The van der Waals surface area contributed by atoms with E-state index >= 15 is 0 Å². The summed E-state index contributed by atoms with van der Waals surface area (Å²) in [4.78, 5) is 17.7. The quantitative estimate of drug-likeness (QED) is 0.708. The minimum absolute atomic E-state index is 0.144. The van der Waals surface area contributed by atoms with Gasteiger partial charge in [-0.1, -0.05) is 46.3 Å². The normalized spacial score (nSPS) is 18.0. The molecule has 2 aromatic carbocycles. The molecule has 4 rings (SSSR count). The summed E-state index contributed by atoms with van der Waals surface area (Å²) >= 11 is 3.55. The molecule has 1 aromatic heterocycles. The molecule has 1 aliphatic rings. The van der Waals surface area contributed by atoms with Crippen LogP contribution in [0.3, 0.4) is 0 Å². The summed E-state index contributed by atoms with van der Waals surface area (Å²) in [6.07, 6.45) is 3.56. The molecule has 0 aliphatic carbocycles. The molecule has 116 valence electrons. The number of amides is 1. The first-order valence-corrected chi connectivity index (χ1v) is 8.61. The van der Waals surface area contributed by atoms with Gasteiger partial charge in [0.05, 0.1) is 6.04 Å². The molecular weight excluding hydrogens is 352 g/mol. The van der Waals surface area contributed by atoms with Gasteiger partial charge in [0.1, 0.15) is 0 Å². The van der Waals surface area contributed by atoms with E-state index in [4.69, 9.17) is 0 Å². The zero-order valence-electron chi connectivity index (χ0n) is 12.6. The van der Waals surface area contributed by atoms with Gasteiger partial charge in [0, 0.05) is 34.5 Å². The Bertz CT molecular complexity index is 856. The predicted octanol–water partition coefficient (Wildman–Crippen LogP) is 4.79. The second-order valence-corrected chi connectivity index (χ2v) is 6.91. The summed E-state index contributed by atoms with van der Waals surface area (Å²) in [5, 5.41) is 1.19. The molecule has 0 radical (unpaired) electrons. The number of halogens is 1. The molecule has 0 bridgehead atoms. The third-order valence-corrected chi connectivity index (χ3v) is 5.05. The Balaban J connectivity index is 1.71. The van der Waals surface area contributed by atoms with Crippen LogP contribution >= 0.6 is 15.9 Å². The van der Waals surface area contributed by atoms with Crippen LogP contribution < -0.4 is 0 Å². The topological polar surface area (TPSA) is 36.1 Å². The third kappa shape index (κ3) is 2.68. The molecule has 0 saturated carbocycles. The predicted molar refractivity (Wildman–Crippen MR) is 95.0 cm³/mol. The van der Waals surface area contributed by atoms with Gasteiger partial charge in [-0.2, -0.15) is 0 Å². The van der Waals surface area contributed by atoms with Crippen molar-refractivity contribution in [2.24, 2.45) is 0 Å². The molecule has 0 spiro atoms. The van der Waals surface area contributed by atoms with E-state index in [1.165, 1.54) is 16.5 Å². The number of fused-ring (bicyclic) bond motifs is 1. The maximum Gasteiger partial charge on any atom is 0.223 e. The van der Waals surface area contributed by atoms with Gasteiger partial charge in [-0.25, -0.2) is 0 Å². The minimum Gasteiger partial charge on any atom is -0.361 e. The fourth-order valence-corrected chi connectivity index (χ4v) is 3.79. The molecule has 0 unspecified atom stereocenters. The molecular formula is C19H17BrN2O. The van der Waals surface area contributed by atoms with Crippen molar-refractivity contribution >= 4 is 32.7 Å². The van der Waals surface area contributed by atoms with E-state index in [9.17, 15) is 4.79 Å². The first-order chi connectivity index (χ1) is 11.2. The smallest absolute Gasteiger partial charge is 0.223 e.